The first kappa shape index (κ1) is 14.7. The Morgan fingerprint density at radius 2 is 1.96 bits per heavy atom. The monoisotopic (exact) mass is 317 g/mol. The van der Waals surface area contributed by atoms with Crippen molar-refractivity contribution >= 4 is 17.5 Å². The van der Waals surface area contributed by atoms with Gasteiger partial charge in [-0.25, -0.2) is 0 Å². The molecule has 1 aromatic heterocycles. The molecule has 0 radical (unpaired) electrons. The van der Waals surface area contributed by atoms with E-state index >= 15 is 0 Å². The number of nitrogens with zero attached hydrogens (tertiary/aromatic N) is 1. The van der Waals surface area contributed by atoms with Gasteiger partial charge in [-0.1, -0.05) is 0 Å². The maximum atomic E-state index is 12.4. The number of amides is 2. The second-order valence-electron chi connectivity index (χ2n) is 7.25. The van der Waals surface area contributed by atoms with Gasteiger partial charge in [0.1, 0.15) is 5.69 Å². The van der Waals surface area contributed by atoms with Crippen LogP contribution < -0.4 is 16.0 Å². The van der Waals surface area contributed by atoms with Crippen molar-refractivity contribution in [2.75, 3.05) is 18.4 Å². The zero-order valence-corrected chi connectivity index (χ0v) is 13.2. The third-order valence-electron chi connectivity index (χ3n) is 5.43. The molecule has 0 bridgehead atoms. The SMILES string of the molecule is O=C(NC1CC1)c1[nH]ncc1NC(=O)C1CC2(CCNCC2)C1. The van der Waals surface area contributed by atoms with Crippen LogP contribution in [0.5, 0.6) is 0 Å². The van der Waals surface area contributed by atoms with E-state index in [0.717, 1.165) is 51.6 Å². The summed E-state index contributed by atoms with van der Waals surface area (Å²) in [5, 5.41) is 15.7. The number of piperidine rings is 1. The van der Waals surface area contributed by atoms with Gasteiger partial charge in [0.25, 0.3) is 5.91 Å². The average molecular weight is 317 g/mol. The molecule has 2 saturated carbocycles. The number of nitrogens with one attached hydrogen (secondary N) is 4. The standard InChI is InChI=1S/C16H23N5O2/c22-14(10-7-16(8-10)3-5-17-6-4-16)20-12-9-18-21-13(12)15(23)19-11-1-2-11/h9-11,17H,1-8H2,(H,18,21)(H,19,23)(H,20,22). The van der Waals surface area contributed by atoms with Crippen molar-refractivity contribution in [3.63, 3.8) is 0 Å². The highest BCUT2D eigenvalue weighted by atomic mass is 16.2. The van der Waals surface area contributed by atoms with Crippen LogP contribution >= 0.6 is 0 Å². The molecule has 1 spiro atoms. The number of anilines is 1. The molecule has 0 atom stereocenters. The third kappa shape index (κ3) is 2.97. The molecule has 7 heteroatoms. The molecule has 2 aliphatic carbocycles. The summed E-state index contributed by atoms with van der Waals surface area (Å²) < 4.78 is 0. The van der Waals surface area contributed by atoms with Crippen LogP contribution in [-0.2, 0) is 4.79 Å². The fraction of sp³-hybridized carbons (Fsp3) is 0.688. The van der Waals surface area contributed by atoms with Crippen molar-refractivity contribution in [3.8, 4) is 0 Å². The fourth-order valence-electron chi connectivity index (χ4n) is 3.81. The Balaban J connectivity index is 1.34. The van der Waals surface area contributed by atoms with E-state index in [1.54, 1.807) is 0 Å². The Hall–Kier alpha value is -1.89. The Morgan fingerprint density at radius 1 is 1.22 bits per heavy atom. The zero-order valence-electron chi connectivity index (χ0n) is 13.2. The van der Waals surface area contributed by atoms with Crippen LogP contribution in [0.3, 0.4) is 0 Å². The summed E-state index contributed by atoms with van der Waals surface area (Å²) in [6, 6.07) is 0.278. The van der Waals surface area contributed by atoms with E-state index in [-0.39, 0.29) is 23.8 Å². The number of aromatic amines is 1. The van der Waals surface area contributed by atoms with Gasteiger partial charge in [-0.05, 0) is 57.0 Å². The normalized spacial score (nSPS) is 23.3. The highest BCUT2D eigenvalue weighted by Gasteiger charge is 2.47. The Labute approximate surface area is 135 Å². The number of aromatic nitrogens is 2. The topological polar surface area (TPSA) is 98.9 Å². The van der Waals surface area contributed by atoms with Crippen LogP contribution in [0.15, 0.2) is 6.20 Å². The minimum atomic E-state index is -0.191. The molecule has 3 aliphatic rings. The summed E-state index contributed by atoms with van der Waals surface area (Å²) in [6.45, 7) is 2.11. The van der Waals surface area contributed by atoms with E-state index in [1.165, 1.54) is 6.20 Å². The summed E-state index contributed by atoms with van der Waals surface area (Å²) >= 11 is 0. The molecular weight excluding hydrogens is 294 g/mol. The summed E-state index contributed by atoms with van der Waals surface area (Å²) in [5.41, 5.74) is 1.20. The van der Waals surface area contributed by atoms with Gasteiger partial charge in [-0.15, -0.1) is 0 Å². The second kappa shape index (κ2) is 5.63. The molecule has 0 unspecified atom stereocenters. The highest BCUT2D eigenvalue weighted by Crippen LogP contribution is 2.51. The first-order valence-electron chi connectivity index (χ1n) is 8.51. The molecular formula is C16H23N5O2. The lowest BCUT2D eigenvalue weighted by atomic mass is 9.57. The first-order valence-corrected chi connectivity index (χ1v) is 8.51. The van der Waals surface area contributed by atoms with Crippen LogP contribution in [0.25, 0.3) is 0 Å². The van der Waals surface area contributed by atoms with Crippen molar-refractivity contribution in [2.24, 2.45) is 11.3 Å². The molecule has 7 nitrogen and oxygen atoms in total. The van der Waals surface area contributed by atoms with E-state index in [9.17, 15) is 9.59 Å². The highest BCUT2D eigenvalue weighted by molar-refractivity contribution is 6.03. The summed E-state index contributed by atoms with van der Waals surface area (Å²) in [7, 11) is 0. The minimum Gasteiger partial charge on any atom is -0.348 e. The maximum absolute atomic E-state index is 12.4. The fourth-order valence-corrected chi connectivity index (χ4v) is 3.81. The largest absolute Gasteiger partial charge is 0.348 e. The molecule has 23 heavy (non-hydrogen) atoms. The summed E-state index contributed by atoms with van der Waals surface area (Å²) in [5.74, 6) is -0.123. The molecule has 124 valence electrons. The molecule has 3 fully saturated rings. The molecule has 1 saturated heterocycles. The van der Waals surface area contributed by atoms with Crippen molar-refractivity contribution in [2.45, 2.75) is 44.6 Å². The lowest BCUT2D eigenvalue weighted by Crippen LogP contribution is -2.48. The van der Waals surface area contributed by atoms with Gasteiger partial charge in [-0.2, -0.15) is 5.10 Å². The predicted molar refractivity (Wildman–Crippen MR) is 85.0 cm³/mol. The first-order chi connectivity index (χ1) is 11.2. The Kier molecular flexibility index (Phi) is 3.60. The third-order valence-corrected chi connectivity index (χ3v) is 5.43. The molecule has 4 rings (SSSR count). The van der Waals surface area contributed by atoms with Gasteiger partial charge in [0.15, 0.2) is 0 Å². The molecule has 2 amide bonds. The van der Waals surface area contributed by atoms with Crippen LogP contribution in [0.1, 0.15) is 49.0 Å². The van der Waals surface area contributed by atoms with E-state index in [2.05, 4.69) is 26.1 Å². The van der Waals surface area contributed by atoms with Gasteiger partial charge >= 0.3 is 0 Å². The van der Waals surface area contributed by atoms with Gasteiger partial charge in [0.2, 0.25) is 5.91 Å². The van der Waals surface area contributed by atoms with Gasteiger partial charge in [-0.3, -0.25) is 14.7 Å². The van der Waals surface area contributed by atoms with E-state index in [0.29, 0.717) is 16.8 Å². The van der Waals surface area contributed by atoms with Gasteiger partial charge in [0.05, 0.1) is 11.9 Å². The van der Waals surface area contributed by atoms with Crippen LogP contribution in [0, 0.1) is 11.3 Å². The number of carbonyl (C=O) groups is 2. The van der Waals surface area contributed by atoms with Crippen LogP contribution in [0.4, 0.5) is 5.69 Å². The van der Waals surface area contributed by atoms with Crippen molar-refractivity contribution in [3.05, 3.63) is 11.9 Å². The molecule has 0 aromatic carbocycles. The number of hydrogen-bond donors (Lipinski definition) is 4. The summed E-state index contributed by atoms with van der Waals surface area (Å²) in [6.07, 6.45) is 7.82. The number of rotatable bonds is 4. The Morgan fingerprint density at radius 3 is 2.65 bits per heavy atom. The van der Waals surface area contributed by atoms with Crippen molar-refractivity contribution < 1.29 is 9.59 Å². The second-order valence-corrected chi connectivity index (χ2v) is 7.25. The zero-order chi connectivity index (χ0) is 15.9. The molecule has 1 aromatic rings. The van der Waals surface area contributed by atoms with Crippen molar-refractivity contribution in [1.29, 1.82) is 0 Å². The predicted octanol–water partition coefficient (Wildman–Crippen LogP) is 1.02. The van der Waals surface area contributed by atoms with Gasteiger partial charge < -0.3 is 16.0 Å². The maximum Gasteiger partial charge on any atom is 0.271 e. The van der Waals surface area contributed by atoms with E-state index in [4.69, 9.17) is 0 Å². The Bertz CT molecular complexity index is 608. The smallest absolute Gasteiger partial charge is 0.271 e. The van der Waals surface area contributed by atoms with E-state index < -0.39 is 0 Å². The number of carbonyl (C=O) groups excluding carboxylic acids is 2. The molecule has 1 aliphatic heterocycles. The molecule has 4 N–H and O–H groups in total. The lowest BCUT2D eigenvalue weighted by molar-refractivity contribution is -0.128. The number of H-pyrrole nitrogens is 1. The van der Waals surface area contributed by atoms with Crippen molar-refractivity contribution in [1.82, 2.24) is 20.8 Å². The lowest BCUT2D eigenvalue weighted by Gasteiger charge is -2.49. The van der Waals surface area contributed by atoms with E-state index in [1.807, 2.05) is 0 Å². The quantitative estimate of drug-likeness (QED) is 0.666. The van der Waals surface area contributed by atoms with Gasteiger partial charge in [0, 0.05) is 12.0 Å². The average Bonchev–Trinajstić information content (AvgIpc) is 3.21. The van der Waals surface area contributed by atoms with Crippen LogP contribution in [-0.4, -0.2) is 41.1 Å². The minimum absolute atomic E-state index is 0.0102. The number of hydrogen-bond acceptors (Lipinski definition) is 4. The summed E-state index contributed by atoms with van der Waals surface area (Å²) in [4.78, 5) is 24.5. The molecule has 2 heterocycles. The van der Waals surface area contributed by atoms with Crippen LogP contribution in [0.2, 0.25) is 0 Å².